The van der Waals surface area contributed by atoms with Crippen LogP contribution in [0.1, 0.15) is 76.7 Å². The topological polar surface area (TPSA) is 96.1 Å². The van der Waals surface area contributed by atoms with Gasteiger partial charge in [0, 0.05) is 76.1 Å². The third kappa shape index (κ3) is 5.54. The van der Waals surface area contributed by atoms with Gasteiger partial charge in [-0.05, 0) is 76.1 Å². The summed E-state index contributed by atoms with van der Waals surface area (Å²) in [6.45, 7) is 7.89. The van der Waals surface area contributed by atoms with Crippen molar-refractivity contribution in [2.75, 3.05) is 13.1 Å². The zero-order valence-electron chi connectivity index (χ0n) is 29.3. The fraction of sp³-hybridized carbons (Fsp3) is 0.450. The molecule has 8 nitrogen and oxygen atoms in total. The second kappa shape index (κ2) is 13.1. The Morgan fingerprint density at radius 2 is 1.96 bits per heavy atom. The van der Waals surface area contributed by atoms with Crippen molar-refractivity contribution in [3.05, 3.63) is 78.7 Å². The van der Waals surface area contributed by atoms with E-state index in [4.69, 9.17) is 32.9 Å². The minimum Gasteiger partial charge on any atom is -0.369 e. The molecule has 0 radical (unpaired) electrons. The molecular weight excluding hydrogens is 718 g/mol. The molecule has 6 heterocycles. The number of aromatic nitrogens is 3. The summed E-state index contributed by atoms with van der Waals surface area (Å²) in [6.07, 6.45) is 3.99. The monoisotopic (exact) mass is 756 g/mol. The smallest absolute Gasteiger partial charge is 0.226 e. The van der Waals surface area contributed by atoms with Crippen LogP contribution < -0.4 is 5.32 Å². The van der Waals surface area contributed by atoms with Crippen LogP contribution in [-0.4, -0.2) is 50.6 Å². The van der Waals surface area contributed by atoms with Gasteiger partial charge in [-0.1, -0.05) is 35.3 Å². The fourth-order valence-corrected chi connectivity index (χ4v) is 10.1. The number of aryl methyl sites for hydroxylation is 4. The predicted molar refractivity (Wildman–Crippen MR) is 202 cm³/mol. The van der Waals surface area contributed by atoms with Gasteiger partial charge in [-0.3, -0.25) is 4.79 Å². The van der Waals surface area contributed by atoms with Crippen LogP contribution in [0.3, 0.4) is 0 Å². The van der Waals surface area contributed by atoms with Crippen LogP contribution in [-0.2, 0) is 22.6 Å². The lowest BCUT2D eigenvalue weighted by Gasteiger charge is -2.39. The third-order valence-electron chi connectivity index (χ3n) is 11.8. The fourth-order valence-electron chi connectivity index (χ4n) is 8.90. The van der Waals surface area contributed by atoms with E-state index in [0.717, 1.165) is 53.1 Å². The molecular formula is C40H39Cl2FN6O2S. The maximum atomic E-state index is 17.2. The summed E-state index contributed by atoms with van der Waals surface area (Å²) in [5, 5.41) is 16.5. The van der Waals surface area contributed by atoms with E-state index < -0.39 is 5.82 Å². The molecule has 52 heavy (non-hydrogen) atoms. The summed E-state index contributed by atoms with van der Waals surface area (Å²) in [5.74, 6) is 0.197. The molecule has 268 valence electrons. The first-order valence-electron chi connectivity index (χ1n) is 18.2. The molecule has 0 spiro atoms. The first kappa shape index (κ1) is 34.2. The molecule has 3 aliphatic heterocycles. The minimum absolute atomic E-state index is 0.0580. The molecule has 2 aromatic carbocycles. The minimum atomic E-state index is -0.476. The predicted octanol–water partition coefficient (Wildman–Crippen LogP) is 8.94. The molecule has 2 saturated carbocycles. The van der Waals surface area contributed by atoms with Gasteiger partial charge in [-0.25, -0.2) is 14.4 Å². The summed E-state index contributed by atoms with van der Waals surface area (Å²) < 4.78 is 26.1. The van der Waals surface area contributed by atoms with Gasteiger partial charge in [-0.15, -0.1) is 11.3 Å². The number of halogens is 3. The molecule has 2 aliphatic carbocycles. The number of nitriles is 1. The van der Waals surface area contributed by atoms with Crippen molar-refractivity contribution in [3.8, 4) is 17.2 Å². The number of benzene rings is 2. The number of thiazole rings is 1. The molecule has 0 unspecified atom stereocenters. The highest BCUT2D eigenvalue weighted by atomic mass is 35.5. The van der Waals surface area contributed by atoms with Gasteiger partial charge in [-0.2, -0.15) is 5.26 Å². The third-order valence-corrected chi connectivity index (χ3v) is 13.6. The van der Waals surface area contributed by atoms with Crippen LogP contribution in [0.4, 0.5) is 4.39 Å². The number of hydrogen-bond donors (Lipinski definition) is 1. The quantitative estimate of drug-likeness (QED) is 0.161. The van der Waals surface area contributed by atoms with E-state index in [9.17, 15) is 10.1 Å². The summed E-state index contributed by atoms with van der Waals surface area (Å²) in [5.41, 5.74) is 5.47. The Kier molecular flexibility index (Phi) is 8.59. The number of pyridine rings is 1. The van der Waals surface area contributed by atoms with Crippen LogP contribution in [0.2, 0.25) is 10.0 Å². The van der Waals surface area contributed by atoms with Crippen molar-refractivity contribution in [1.29, 1.82) is 5.26 Å². The first-order chi connectivity index (χ1) is 25.1. The number of nitrogens with one attached hydrogen (secondary N) is 1. The maximum absolute atomic E-state index is 17.2. The number of ether oxygens (including phenoxy) is 1. The van der Waals surface area contributed by atoms with Crippen molar-refractivity contribution >= 4 is 62.3 Å². The van der Waals surface area contributed by atoms with E-state index >= 15 is 4.39 Å². The molecule has 10 rings (SSSR count). The van der Waals surface area contributed by atoms with Gasteiger partial charge >= 0.3 is 0 Å². The second-order valence-electron chi connectivity index (χ2n) is 15.0. The Morgan fingerprint density at radius 3 is 2.65 bits per heavy atom. The number of carbonyl (C=O) groups is 1. The van der Waals surface area contributed by atoms with Crippen molar-refractivity contribution in [1.82, 2.24) is 24.8 Å². The van der Waals surface area contributed by atoms with Crippen LogP contribution in [0.25, 0.3) is 32.9 Å². The number of nitrogens with zero attached hydrogens (tertiary/aromatic N) is 5. The second-order valence-corrected chi connectivity index (χ2v) is 17.1. The number of rotatable bonds is 9. The lowest BCUT2D eigenvalue weighted by molar-refractivity contribution is -0.134. The highest BCUT2D eigenvalue weighted by Crippen LogP contribution is 2.51. The van der Waals surface area contributed by atoms with E-state index in [0.29, 0.717) is 64.7 Å². The SMILES string of the molecule is Cc1nc(CO[C@H]2C[C@H](c3cc4c(C)nc5c(F)c(-c6cccc(Cl)c6Cl)c(CCC#N)cc5c4n3[C@H]3[C@H]4CN[C@@H]3C4)N(C(=O)C3CC3)C2)sc1C. The van der Waals surface area contributed by atoms with Crippen molar-refractivity contribution in [2.24, 2.45) is 11.8 Å². The van der Waals surface area contributed by atoms with Gasteiger partial charge in [0.25, 0.3) is 0 Å². The van der Waals surface area contributed by atoms with Crippen molar-refractivity contribution in [2.45, 2.75) is 90.1 Å². The number of hydrogen-bond acceptors (Lipinski definition) is 7. The molecule has 2 bridgehead atoms. The maximum Gasteiger partial charge on any atom is 0.226 e. The molecule has 3 saturated heterocycles. The van der Waals surface area contributed by atoms with Gasteiger partial charge in [0.1, 0.15) is 10.5 Å². The molecule has 5 atom stereocenters. The number of fused-ring (bicyclic) bond motifs is 4. The first-order valence-corrected chi connectivity index (χ1v) is 19.8. The standard InChI is InChI=1S/C40H39Cl2FN6O2S/c1-19-21(3)52-33(46-19)18-51-25-14-31(48(17-25)40(50)22-9-10-22)32-15-27-20(2)47-37-28(39(27)49(32)38-24-13-30(38)45-16-24)12-23(6-5-11-44)34(36(37)43)26-7-4-8-29(41)35(26)42/h4,7-8,12,15,22,24-25,30-31,38,45H,5-6,9-10,13-14,16-18H2,1-3H3/t24-,25+,30-,31-,38+/m1/s1. The van der Waals surface area contributed by atoms with Gasteiger partial charge in [0.2, 0.25) is 5.91 Å². The van der Waals surface area contributed by atoms with E-state index in [1.54, 1.807) is 29.5 Å². The Bertz CT molecular complexity index is 2300. The van der Waals surface area contributed by atoms with Gasteiger partial charge < -0.3 is 19.5 Å². The zero-order valence-corrected chi connectivity index (χ0v) is 31.6. The molecule has 1 amide bonds. The molecule has 5 fully saturated rings. The Hall–Kier alpha value is -3.59. The summed E-state index contributed by atoms with van der Waals surface area (Å²) in [7, 11) is 0. The molecule has 5 aromatic rings. The number of amides is 1. The summed E-state index contributed by atoms with van der Waals surface area (Å²) in [4.78, 5) is 26.9. The Morgan fingerprint density at radius 1 is 1.13 bits per heavy atom. The lowest BCUT2D eigenvalue weighted by Crippen LogP contribution is -2.41. The van der Waals surface area contributed by atoms with Crippen LogP contribution >= 0.6 is 34.5 Å². The van der Waals surface area contributed by atoms with E-state index in [1.165, 1.54) is 4.88 Å². The largest absolute Gasteiger partial charge is 0.369 e. The lowest BCUT2D eigenvalue weighted by atomic mass is 9.79. The number of likely N-dealkylation sites (tertiary alicyclic amines) is 1. The Labute approximate surface area is 315 Å². The van der Waals surface area contributed by atoms with Crippen molar-refractivity contribution in [3.63, 3.8) is 0 Å². The number of carbonyl (C=O) groups excluding carboxylic acids is 1. The van der Waals surface area contributed by atoms with E-state index in [2.05, 4.69) is 38.8 Å². The highest BCUT2D eigenvalue weighted by molar-refractivity contribution is 7.11. The summed E-state index contributed by atoms with van der Waals surface area (Å²) in [6, 6.07) is 11.9. The van der Waals surface area contributed by atoms with Crippen LogP contribution in [0.15, 0.2) is 30.3 Å². The normalized spacial score (nSPS) is 23.9. The van der Waals surface area contributed by atoms with Gasteiger partial charge in [0.15, 0.2) is 5.82 Å². The average molecular weight is 758 g/mol. The molecule has 1 N–H and O–H groups in total. The highest BCUT2D eigenvalue weighted by Gasteiger charge is 2.51. The molecule has 12 heteroatoms. The van der Waals surface area contributed by atoms with E-state index in [1.807, 2.05) is 19.9 Å². The zero-order chi connectivity index (χ0) is 36.0. The van der Waals surface area contributed by atoms with Crippen LogP contribution in [0, 0.1) is 49.8 Å². The average Bonchev–Trinajstić information content (AvgIpc) is 3.49. The van der Waals surface area contributed by atoms with Crippen LogP contribution in [0.5, 0.6) is 0 Å². The van der Waals surface area contributed by atoms with Gasteiger partial charge in [0.05, 0.1) is 52.1 Å². The summed E-state index contributed by atoms with van der Waals surface area (Å²) >= 11 is 14.8. The molecule has 5 aliphatic rings. The van der Waals surface area contributed by atoms with E-state index in [-0.39, 0.29) is 53.0 Å². The van der Waals surface area contributed by atoms with Crippen molar-refractivity contribution < 1.29 is 13.9 Å². The molecule has 3 aromatic heterocycles. The Balaban J connectivity index is 1.22.